The van der Waals surface area contributed by atoms with Gasteiger partial charge in [0, 0.05) is 25.3 Å². The fourth-order valence-electron chi connectivity index (χ4n) is 2.14. The zero-order chi connectivity index (χ0) is 18.1. The zero-order valence-electron chi connectivity index (χ0n) is 14.5. The Morgan fingerprint density at radius 2 is 1.80 bits per heavy atom. The van der Waals surface area contributed by atoms with E-state index in [0.29, 0.717) is 18.7 Å². The molecule has 0 spiro atoms. The molecular formula is C19H23N3O3. The lowest BCUT2D eigenvalue weighted by molar-refractivity contribution is -0.119. The molecule has 0 atom stereocenters. The molecule has 0 radical (unpaired) electrons. The number of amides is 2. The number of nitrogens with zero attached hydrogens (tertiary/aromatic N) is 1. The van der Waals surface area contributed by atoms with Gasteiger partial charge in [-0.2, -0.15) is 0 Å². The second-order valence-electron chi connectivity index (χ2n) is 5.65. The minimum atomic E-state index is -0.138. The molecular weight excluding hydrogens is 318 g/mol. The van der Waals surface area contributed by atoms with Crippen molar-refractivity contribution >= 4 is 17.5 Å². The summed E-state index contributed by atoms with van der Waals surface area (Å²) >= 11 is 0. The molecule has 0 bridgehead atoms. The first-order valence-corrected chi connectivity index (χ1v) is 8.06. The maximum Gasteiger partial charge on any atom is 0.253 e. The van der Waals surface area contributed by atoms with Crippen molar-refractivity contribution in [1.82, 2.24) is 10.2 Å². The normalized spacial score (nSPS) is 10.0. The summed E-state index contributed by atoms with van der Waals surface area (Å²) in [4.78, 5) is 25.3. The van der Waals surface area contributed by atoms with Gasteiger partial charge >= 0.3 is 0 Å². The summed E-state index contributed by atoms with van der Waals surface area (Å²) in [5, 5.41) is 5.79. The quantitative estimate of drug-likeness (QED) is 0.721. The first-order chi connectivity index (χ1) is 12.1. The number of ether oxygens (including phenoxy) is 1. The van der Waals surface area contributed by atoms with Gasteiger partial charge < -0.3 is 20.3 Å². The summed E-state index contributed by atoms with van der Waals surface area (Å²) in [7, 11) is 3.40. The number of hydrogen-bond acceptors (Lipinski definition) is 4. The SMILES string of the molecule is CN(C)C(=O)c1cccc(NCC(=O)NCCOc2ccccc2)c1. The Balaban J connectivity index is 1.71. The van der Waals surface area contributed by atoms with E-state index in [-0.39, 0.29) is 18.4 Å². The van der Waals surface area contributed by atoms with Gasteiger partial charge in [0.1, 0.15) is 12.4 Å². The van der Waals surface area contributed by atoms with Gasteiger partial charge in [0.25, 0.3) is 5.91 Å². The van der Waals surface area contributed by atoms with Crippen LogP contribution in [0, 0.1) is 0 Å². The molecule has 0 aliphatic rings. The molecule has 2 rings (SSSR count). The Morgan fingerprint density at radius 3 is 2.52 bits per heavy atom. The van der Waals surface area contributed by atoms with Gasteiger partial charge in [-0.05, 0) is 30.3 Å². The number of hydrogen-bond donors (Lipinski definition) is 2. The largest absolute Gasteiger partial charge is 0.492 e. The van der Waals surface area contributed by atoms with Gasteiger partial charge in [-0.25, -0.2) is 0 Å². The molecule has 2 aromatic rings. The van der Waals surface area contributed by atoms with Crippen molar-refractivity contribution in [2.45, 2.75) is 0 Å². The molecule has 0 aliphatic heterocycles. The number of anilines is 1. The molecule has 0 saturated heterocycles. The van der Waals surface area contributed by atoms with Gasteiger partial charge in [-0.3, -0.25) is 9.59 Å². The second kappa shape index (κ2) is 9.32. The minimum absolute atomic E-state index is 0.0776. The summed E-state index contributed by atoms with van der Waals surface area (Å²) < 4.78 is 5.51. The topological polar surface area (TPSA) is 70.7 Å². The Bertz CT molecular complexity index is 702. The van der Waals surface area contributed by atoms with Crippen LogP contribution in [0.2, 0.25) is 0 Å². The van der Waals surface area contributed by atoms with Gasteiger partial charge in [-0.15, -0.1) is 0 Å². The summed E-state index contributed by atoms with van der Waals surface area (Å²) in [5.74, 6) is 0.560. The third-order valence-corrected chi connectivity index (χ3v) is 3.40. The molecule has 2 aromatic carbocycles. The zero-order valence-corrected chi connectivity index (χ0v) is 14.5. The summed E-state index contributed by atoms with van der Waals surface area (Å²) in [6.07, 6.45) is 0. The standard InChI is InChI=1S/C19H23N3O3/c1-22(2)19(24)15-7-6-8-16(13-15)21-14-18(23)20-11-12-25-17-9-4-3-5-10-17/h3-10,13,21H,11-12,14H2,1-2H3,(H,20,23). The highest BCUT2D eigenvalue weighted by Gasteiger charge is 2.08. The van der Waals surface area contributed by atoms with Crippen molar-refractivity contribution in [3.63, 3.8) is 0 Å². The average molecular weight is 341 g/mol. The molecule has 25 heavy (non-hydrogen) atoms. The highest BCUT2D eigenvalue weighted by Crippen LogP contribution is 2.11. The van der Waals surface area contributed by atoms with Gasteiger partial charge in [0.2, 0.25) is 5.91 Å². The highest BCUT2D eigenvalue weighted by atomic mass is 16.5. The monoisotopic (exact) mass is 341 g/mol. The summed E-state index contributed by atoms with van der Waals surface area (Å²) in [5.41, 5.74) is 1.30. The lowest BCUT2D eigenvalue weighted by atomic mass is 10.2. The van der Waals surface area contributed by atoms with Crippen LogP contribution in [0.25, 0.3) is 0 Å². The van der Waals surface area contributed by atoms with Crippen LogP contribution in [-0.2, 0) is 4.79 Å². The molecule has 0 fully saturated rings. The second-order valence-corrected chi connectivity index (χ2v) is 5.65. The number of rotatable bonds is 8. The Morgan fingerprint density at radius 1 is 1.04 bits per heavy atom. The first-order valence-electron chi connectivity index (χ1n) is 8.06. The van der Waals surface area contributed by atoms with Gasteiger partial charge in [0.15, 0.2) is 0 Å². The lowest BCUT2D eigenvalue weighted by Gasteiger charge is -2.12. The van der Waals surface area contributed by atoms with Crippen LogP contribution in [0.1, 0.15) is 10.4 Å². The molecule has 0 unspecified atom stereocenters. The molecule has 2 N–H and O–H groups in total. The van der Waals surface area contributed by atoms with Gasteiger partial charge in [-0.1, -0.05) is 24.3 Å². The average Bonchev–Trinajstić information content (AvgIpc) is 2.64. The number of nitrogens with one attached hydrogen (secondary N) is 2. The fraction of sp³-hybridized carbons (Fsp3) is 0.263. The highest BCUT2D eigenvalue weighted by molar-refractivity contribution is 5.95. The summed E-state index contributed by atoms with van der Waals surface area (Å²) in [6.45, 7) is 0.960. The number of benzene rings is 2. The molecule has 0 aromatic heterocycles. The van der Waals surface area contributed by atoms with E-state index in [1.807, 2.05) is 36.4 Å². The van der Waals surface area contributed by atoms with Crippen LogP contribution in [-0.4, -0.2) is 50.5 Å². The van der Waals surface area contributed by atoms with Crippen LogP contribution in [0.4, 0.5) is 5.69 Å². The third kappa shape index (κ3) is 6.18. The number of para-hydroxylation sites is 1. The Hall–Kier alpha value is -3.02. The predicted octanol–water partition coefficient (Wildman–Crippen LogP) is 2.00. The van der Waals surface area contributed by atoms with E-state index in [9.17, 15) is 9.59 Å². The fourth-order valence-corrected chi connectivity index (χ4v) is 2.14. The van der Waals surface area contributed by atoms with Crippen LogP contribution in [0.5, 0.6) is 5.75 Å². The maximum atomic E-state index is 11.9. The summed E-state index contributed by atoms with van der Waals surface area (Å²) in [6, 6.07) is 16.5. The van der Waals surface area contributed by atoms with Crippen molar-refractivity contribution in [2.24, 2.45) is 0 Å². The van der Waals surface area contributed by atoms with E-state index in [2.05, 4.69) is 10.6 Å². The molecule has 0 aliphatic carbocycles. The molecule has 0 heterocycles. The minimum Gasteiger partial charge on any atom is -0.492 e. The van der Waals surface area contributed by atoms with E-state index < -0.39 is 0 Å². The van der Waals surface area contributed by atoms with Crippen molar-refractivity contribution in [2.75, 3.05) is 39.1 Å². The van der Waals surface area contributed by atoms with Crippen LogP contribution in [0.3, 0.4) is 0 Å². The van der Waals surface area contributed by atoms with E-state index in [1.165, 1.54) is 4.90 Å². The van der Waals surface area contributed by atoms with E-state index >= 15 is 0 Å². The van der Waals surface area contributed by atoms with E-state index in [4.69, 9.17) is 4.74 Å². The van der Waals surface area contributed by atoms with Crippen molar-refractivity contribution < 1.29 is 14.3 Å². The lowest BCUT2D eigenvalue weighted by Crippen LogP contribution is -2.33. The molecule has 132 valence electrons. The van der Waals surface area contributed by atoms with Crippen molar-refractivity contribution in [3.8, 4) is 5.75 Å². The Kier molecular flexibility index (Phi) is 6.83. The first kappa shape index (κ1) is 18.3. The molecule has 0 saturated carbocycles. The van der Waals surface area contributed by atoms with E-state index in [1.54, 1.807) is 32.3 Å². The number of carbonyl (C=O) groups is 2. The van der Waals surface area contributed by atoms with Crippen LogP contribution >= 0.6 is 0 Å². The van der Waals surface area contributed by atoms with E-state index in [0.717, 1.165) is 11.4 Å². The molecule has 6 nitrogen and oxygen atoms in total. The smallest absolute Gasteiger partial charge is 0.253 e. The van der Waals surface area contributed by atoms with Gasteiger partial charge in [0.05, 0.1) is 13.1 Å². The Labute approximate surface area is 147 Å². The van der Waals surface area contributed by atoms with Crippen molar-refractivity contribution in [1.29, 1.82) is 0 Å². The number of carbonyl (C=O) groups excluding carboxylic acids is 2. The van der Waals surface area contributed by atoms with Crippen LogP contribution in [0.15, 0.2) is 54.6 Å². The van der Waals surface area contributed by atoms with Crippen LogP contribution < -0.4 is 15.4 Å². The van der Waals surface area contributed by atoms with Crippen molar-refractivity contribution in [3.05, 3.63) is 60.2 Å². The maximum absolute atomic E-state index is 11.9. The molecule has 2 amide bonds. The third-order valence-electron chi connectivity index (χ3n) is 3.40. The molecule has 6 heteroatoms. The predicted molar refractivity (Wildman–Crippen MR) is 97.9 cm³/mol.